The van der Waals surface area contributed by atoms with Gasteiger partial charge >= 0.3 is 6.18 Å². The third-order valence-electron chi connectivity index (χ3n) is 3.08. The molecule has 0 aromatic heterocycles. The number of alkyl halides is 3. The molecule has 2 rings (SSSR count). The first-order chi connectivity index (χ1) is 9.15. The lowest BCUT2D eigenvalue weighted by molar-refractivity contribution is -0.274. The van der Waals surface area contributed by atoms with Gasteiger partial charge in [0.15, 0.2) is 18.2 Å². The van der Waals surface area contributed by atoms with Crippen molar-refractivity contribution < 1.29 is 37.2 Å². The van der Waals surface area contributed by atoms with Gasteiger partial charge in [0.05, 0.1) is 6.61 Å². The fourth-order valence-electron chi connectivity index (χ4n) is 2.31. The summed E-state index contributed by atoms with van der Waals surface area (Å²) < 4.78 is 59.2. The molecule has 0 radical (unpaired) electrons. The van der Waals surface area contributed by atoms with Crippen LogP contribution in [-0.4, -0.2) is 54.4 Å². The third-order valence-corrected chi connectivity index (χ3v) is 3.08. The maximum absolute atomic E-state index is 12.6. The SMILES string of the molecule is C=CCO[C@@H]1[C@H]2OC(C)(C)O[C@H]2O[C@@H]1[C@H](O)C(F)(F)F. The van der Waals surface area contributed by atoms with Crippen molar-refractivity contribution in [3.63, 3.8) is 0 Å². The normalized spacial score (nSPS) is 37.7. The van der Waals surface area contributed by atoms with Crippen LogP contribution < -0.4 is 0 Å². The minimum atomic E-state index is -4.81. The zero-order valence-corrected chi connectivity index (χ0v) is 11.1. The average molecular weight is 298 g/mol. The summed E-state index contributed by atoms with van der Waals surface area (Å²) in [5.41, 5.74) is 0. The Kier molecular flexibility index (Phi) is 4.14. The molecule has 2 fully saturated rings. The smallest absolute Gasteiger partial charge is 0.381 e. The highest BCUT2D eigenvalue weighted by atomic mass is 19.4. The molecule has 0 aromatic rings. The molecule has 0 unspecified atom stereocenters. The second-order valence-electron chi connectivity index (χ2n) is 5.14. The summed E-state index contributed by atoms with van der Waals surface area (Å²) in [6.45, 7) is 6.69. The van der Waals surface area contributed by atoms with E-state index in [1.54, 1.807) is 13.8 Å². The maximum atomic E-state index is 12.6. The molecular weight excluding hydrogens is 281 g/mol. The fraction of sp³-hybridized carbons (Fsp3) is 0.833. The predicted molar refractivity (Wildman–Crippen MR) is 60.7 cm³/mol. The Hall–Kier alpha value is -0.670. The zero-order valence-electron chi connectivity index (χ0n) is 11.1. The Morgan fingerprint density at radius 2 is 2.05 bits per heavy atom. The van der Waals surface area contributed by atoms with Crippen molar-refractivity contribution in [2.24, 2.45) is 0 Å². The van der Waals surface area contributed by atoms with Crippen LogP contribution in [0.2, 0.25) is 0 Å². The van der Waals surface area contributed by atoms with Gasteiger partial charge < -0.3 is 24.1 Å². The van der Waals surface area contributed by atoms with E-state index in [4.69, 9.17) is 18.9 Å². The topological polar surface area (TPSA) is 57.2 Å². The predicted octanol–water partition coefficient (Wildman–Crippen LogP) is 1.36. The number of ether oxygens (including phenoxy) is 4. The molecule has 0 spiro atoms. The number of rotatable bonds is 4. The summed E-state index contributed by atoms with van der Waals surface area (Å²) in [5, 5.41) is 9.37. The molecule has 2 aliphatic rings. The highest BCUT2D eigenvalue weighted by Crippen LogP contribution is 2.41. The van der Waals surface area contributed by atoms with Crippen LogP contribution in [0.5, 0.6) is 0 Å². The van der Waals surface area contributed by atoms with Gasteiger partial charge in [-0.25, -0.2) is 0 Å². The third kappa shape index (κ3) is 2.99. The van der Waals surface area contributed by atoms with Crippen molar-refractivity contribution >= 4 is 0 Å². The van der Waals surface area contributed by atoms with Gasteiger partial charge in [-0.15, -0.1) is 6.58 Å². The Bertz CT molecular complexity index is 371. The quantitative estimate of drug-likeness (QED) is 0.794. The lowest BCUT2D eigenvalue weighted by Crippen LogP contribution is -2.48. The largest absolute Gasteiger partial charge is 0.417 e. The summed E-state index contributed by atoms with van der Waals surface area (Å²) in [7, 11) is 0. The van der Waals surface area contributed by atoms with Crippen molar-refractivity contribution in [1.29, 1.82) is 0 Å². The summed E-state index contributed by atoms with van der Waals surface area (Å²) >= 11 is 0. The van der Waals surface area contributed by atoms with Gasteiger partial charge in [-0.1, -0.05) is 6.08 Å². The highest BCUT2D eigenvalue weighted by Gasteiger charge is 2.61. The molecule has 2 aliphatic heterocycles. The molecule has 2 heterocycles. The molecule has 0 bridgehead atoms. The van der Waals surface area contributed by atoms with Crippen molar-refractivity contribution in [2.45, 2.75) is 56.5 Å². The van der Waals surface area contributed by atoms with Crippen LogP contribution in [-0.2, 0) is 18.9 Å². The van der Waals surface area contributed by atoms with E-state index in [0.29, 0.717) is 0 Å². The monoisotopic (exact) mass is 298 g/mol. The number of aliphatic hydroxyl groups is 1. The maximum Gasteiger partial charge on any atom is 0.417 e. The second kappa shape index (κ2) is 5.27. The highest BCUT2D eigenvalue weighted by molar-refractivity contribution is 4.98. The van der Waals surface area contributed by atoms with Gasteiger partial charge in [0.1, 0.15) is 18.3 Å². The summed E-state index contributed by atoms with van der Waals surface area (Å²) in [6.07, 6.45) is -10.6. The van der Waals surface area contributed by atoms with Crippen molar-refractivity contribution in [3.05, 3.63) is 12.7 Å². The molecule has 0 aromatic carbocycles. The van der Waals surface area contributed by atoms with Gasteiger partial charge in [0.25, 0.3) is 0 Å². The van der Waals surface area contributed by atoms with Crippen LogP contribution in [0.15, 0.2) is 12.7 Å². The van der Waals surface area contributed by atoms with E-state index in [9.17, 15) is 18.3 Å². The van der Waals surface area contributed by atoms with Crippen LogP contribution in [0.4, 0.5) is 13.2 Å². The average Bonchev–Trinajstić information content (AvgIpc) is 2.76. The Labute approximate surface area is 114 Å². The van der Waals surface area contributed by atoms with Crippen LogP contribution >= 0.6 is 0 Å². The van der Waals surface area contributed by atoms with E-state index in [-0.39, 0.29) is 6.61 Å². The van der Waals surface area contributed by atoms with Crippen molar-refractivity contribution in [2.75, 3.05) is 6.61 Å². The van der Waals surface area contributed by atoms with Crippen molar-refractivity contribution in [1.82, 2.24) is 0 Å². The van der Waals surface area contributed by atoms with Crippen LogP contribution in [0.25, 0.3) is 0 Å². The summed E-state index contributed by atoms with van der Waals surface area (Å²) in [5.74, 6) is -0.973. The number of hydrogen-bond acceptors (Lipinski definition) is 5. The molecule has 2 saturated heterocycles. The minimum absolute atomic E-state index is 0.0160. The molecule has 0 aliphatic carbocycles. The van der Waals surface area contributed by atoms with E-state index in [1.165, 1.54) is 6.08 Å². The van der Waals surface area contributed by atoms with Gasteiger partial charge in [-0.3, -0.25) is 0 Å². The minimum Gasteiger partial charge on any atom is -0.381 e. The Morgan fingerprint density at radius 1 is 1.40 bits per heavy atom. The van der Waals surface area contributed by atoms with Crippen LogP contribution in [0, 0.1) is 0 Å². The summed E-state index contributed by atoms with van der Waals surface area (Å²) in [4.78, 5) is 0. The standard InChI is InChI=1S/C12H17F3O5/c1-4-5-17-6-7(9(16)12(13,14)15)18-10-8(6)19-11(2,3)20-10/h4,6-10,16H,1,5H2,2-3H3/t6-,7-,8+,9-,10+/m0/s1. The molecular formula is C12H17F3O5. The molecule has 0 amide bonds. The molecule has 5 nitrogen and oxygen atoms in total. The van der Waals surface area contributed by atoms with E-state index in [0.717, 1.165) is 0 Å². The van der Waals surface area contributed by atoms with E-state index in [1.807, 2.05) is 0 Å². The number of halogens is 3. The first-order valence-electron chi connectivity index (χ1n) is 6.14. The molecule has 8 heteroatoms. The lowest BCUT2D eigenvalue weighted by atomic mass is 10.1. The molecule has 20 heavy (non-hydrogen) atoms. The van der Waals surface area contributed by atoms with Gasteiger partial charge in [-0.2, -0.15) is 13.2 Å². The molecule has 116 valence electrons. The van der Waals surface area contributed by atoms with Crippen LogP contribution in [0.3, 0.4) is 0 Å². The van der Waals surface area contributed by atoms with Gasteiger partial charge in [0, 0.05) is 0 Å². The Balaban J connectivity index is 2.16. The van der Waals surface area contributed by atoms with Crippen LogP contribution in [0.1, 0.15) is 13.8 Å². The zero-order chi connectivity index (χ0) is 15.1. The first-order valence-corrected chi connectivity index (χ1v) is 6.14. The fourth-order valence-corrected chi connectivity index (χ4v) is 2.31. The number of hydrogen-bond donors (Lipinski definition) is 1. The van der Waals surface area contributed by atoms with E-state index < -0.39 is 42.7 Å². The number of aliphatic hydroxyl groups excluding tert-OH is 1. The molecule has 5 atom stereocenters. The van der Waals surface area contributed by atoms with Gasteiger partial charge in [-0.05, 0) is 13.8 Å². The molecule has 1 N–H and O–H groups in total. The van der Waals surface area contributed by atoms with E-state index >= 15 is 0 Å². The first kappa shape index (κ1) is 15.7. The summed E-state index contributed by atoms with van der Waals surface area (Å²) in [6, 6.07) is 0. The molecule has 0 saturated carbocycles. The lowest BCUT2D eigenvalue weighted by Gasteiger charge is -2.29. The number of fused-ring (bicyclic) bond motifs is 1. The van der Waals surface area contributed by atoms with E-state index in [2.05, 4.69) is 6.58 Å². The van der Waals surface area contributed by atoms with Gasteiger partial charge in [0.2, 0.25) is 0 Å². The van der Waals surface area contributed by atoms with Crippen molar-refractivity contribution in [3.8, 4) is 0 Å². The second-order valence-corrected chi connectivity index (χ2v) is 5.14. The Morgan fingerprint density at radius 3 is 2.60 bits per heavy atom.